The molecule has 0 aliphatic rings. The van der Waals surface area contributed by atoms with Gasteiger partial charge in [0, 0.05) is 18.6 Å². The van der Waals surface area contributed by atoms with Crippen molar-refractivity contribution in [1.29, 1.82) is 0 Å². The Morgan fingerprint density at radius 1 is 0.262 bits per heavy atom. The van der Waals surface area contributed by atoms with Gasteiger partial charge in [-0.05, 0) is 102 Å². The van der Waals surface area contributed by atoms with E-state index in [0.29, 0.717) is 0 Å². The van der Waals surface area contributed by atoms with Crippen LogP contribution in [-0.2, 0) is 20.1 Å². The third-order valence-corrected chi connectivity index (χ3v) is 10.8. The first-order valence-corrected chi connectivity index (χ1v) is 20.0. The van der Waals surface area contributed by atoms with Gasteiger partial charge in [-0.15, -0.1) is 108 Å². The molecule has 61 heavy (non-hydrogen) atoms. The van der Waals surface area contributed by atoms with Crippen LogP contribution in [0.3, 0.4) is 0 Å². The fraction of sp³-hybridized carbons (Fsp3) is 0. The molecule has 0 amide bonds. The Morgan fingerprint density at radius 3 is 0.754 bits per heavy atom. The maximum absolute atomic E-state index is 4.88. The molecule has 0 spiro atoms. The van der Waals surface area contributed by atoms with Gasteiger partial charge in [0.05, 0.1) is 0 Å². The van der Waals surface area contributed by atoms with E-state index in [-0.39, 0.29) is 20.1 Å². The Balaban J connectivity index is 0.00000476. The summed E-state index contributed by atoms with van der Waals surface area (Å²) in [4.78, 5) is 14.7. The van der Waals surface area contributed by atoms with Gasteiger partial charge in [0.1, 0.15) is 0 Å². The monoisotopic (exact) mass is 955 g/mol. The molecule has 7 aromatic carbocycles. The van der Waals surface area contributed by atoms with Crippen LogP contribution in [0.1, 0.15) is 0 Å². The fourth-order valence-electron chi connectivity index (χ4n) is 7.85. The van der Waals surface area contributed by atoms with Gasteiger partial charge in [0.25, 0.3) is 0 Å². The molecule has 0 radical (unpaired) electrons. The molecule has 10 aromatic rings. The van der Waals surface area contributed by atoms with Crippen molar-refractivity contribution in [3.8, 4) is 101 Å². The maximum atomic E-state index is 4.88. The summed E-state index contributed by atoms with van der Waals surface area (Å²) in [7, 11) is 0. The average molecular weight is 955 g/mol. The molecule has 10 rings (SSSR count). The largest absolute Gasteiger partial charge is 3.00 e. The second-order valence-corrected chi connectivity index (χ2v) is 14.6. The quantitative estimate of drug-likeness (QED) is 0.135. The van der Waals surface area contributed by atoms with Gasteiger partial charge in [0.2, 0.25) is 0 Å². The molecular weight excluding hydrogens is 919 g/mol. The van der Waals surface area contributed by atoms with Crippen LogP contribution < -0.4 is 0 Å². The molecule has 0 atom stereocenters. The molecule has 0 aliphatic heterocycles. The van der Waals surface area contributed by atoms with Gasteiger partial charge in [-0.3, -0.25) is 0 Å². The third-order valence-electron chi connectivity index (χ3n) is 10.8. The zero-order chi connectivity index (χ0) is 40.1. The Bertz CT molecular complexity index is 2690. The van der Waals surface area contributed by atoms with Crippen LogP contribution in [0, 0.1) is 18.2 Å². The summed E-state index contributed by atoms with van der Waals surface area (Å²) in [5.74, 6) is 0. The molecule has 4 heteroatoms. The van der Waals surface area contributed by atoms with Crippen molar-refractivity contribution in [2.75, 3.05) is 0 Å². The molecule has 0 aliphatic carbocycles. The van der Waals surface area contributed by atoms with E-state index in [2.05, 4.69) is 146 Å². The van der Waals surface area contributed by atoms with Gasteiger partial charge >= 0.3 is 20.1 Å². The minimum atomic E-state index is 0. The fourth-order valence-corrected chi connectivity index (χ4v) is 7.85. The van der Waals surface area contributed by atoms with Gasteiger partial charge in [0.15, 0.2) is 0 Å². The average Bonchev–Trinajstić information content (AvgIpc) is 3.35. The Labute approximate surface area is 370 Å². The molecular formula is C57H36IrN3. The molecule has 0 saturated heterocycles. The van der Waals surface area contributed by atoms with E-state index < -0.39 is 0 Å². The second-order valence-electron chi connectivity index (χ2n) is 14.6. The minimum absolute atomic E-state index is 0. The number of nitrogens with zero attached hydrogens (tertiary/aromatic N) is 3. The number of hydrogen-bond acceptors (Lipinski definition) is 3. The number of hydrogen-bond donors (Lipinski definition) is 0. The van der Waals surface area contributed by atoms with Crippen molar-refractivity contribution in [3.63, 3.8) is 0 Å². The molecule has 0 bridgehead atoms. The van der Waals surface area contributed by atoms with Crippen LogP contribution >= 0.6 is 0 Å². The van der Waals surface area contributed by atoms with E-state index in [1.807, 2.05) is 91.4 Å². The van der Waals surface area contributed by atoms with Crippen LogP contribution in [0.15, 0.2) is 219 Å². The van der Waals surface area contributed by atoms with Crippen LogP contribution in [-0.4, -0.2) is 15.0 Å². The maximum Gasteiger partial charge on any atom is 3.00 e. The first-order valence-electron chi connectivity index (χ1n) is 20.0. The molecule has 3 nitrogen and oxygen atoms in total. The summed E-state index contributed by atoms with van der Waals surface area (Å²) in [5.41, 5.74) is 18.7. The first-order chi connectivity index (χ1) is 29.7. The zero-order valence-electron chi connectivity index (χ0n) is 33.0. The first kappa shape index (κ1) is 39.1. The molecule has 3 heterocycles. The standard InChI is InChI=1S/C57H36N3.Ir/c1-4-16-40(17-5-1)55-31-28-43(37-58-55)49-22-10-13-25-52(49)46-34-47(53-26-14-11-23-50(53)44-29-32-56(59-38-44)41-18-6-2-7-19-41)36-48(35-46)54-27-15-12-24-51(54)45-30-33-57(60-39-45)42-20-8-3-9-21-42;/h1-16,18,20,22-39H;/q-3;+3. The summed E-state index contributed by atoms with van der Waals surface area (Å²) in [6.45, 7) is 0. The normalized spacial score (nSPS) is 10.8. The molecule has 0 N–H and O–H groups in total. The van der Waals surface area contributed by atoms with E-state index in [1.54, 1.807) is 0 Å². The topological polar surface area (TPSA) is 38.7 Å². The van der Waals surface area contributed by atoms with Crippen LogP contribution in [0.4, 0.5) is 0 Å². The number of aromatic nitrogens is 3. The van der Waals surface area contributed by atoms with E-state index in [9.17, 15) is 0 Å². The Morgan fingerprint density at radius 2 is 0.525 bits per heavy atom. The van der Waals surface area contributed by atoms with Crippen LogP contribution in [0.2, 0.25) is 0 Å². The van der Waals surface area contributed by atoms with E-state index in [0.717, 1.165) is 101 Å². The summed E-state index contributed by atoms with van der Waals surface area (Å²) in [5, 5.41) is 0. The summed E-state index contributed by atoms with van der Waals surface area (Å²) in [6.07, 6.45) is 5.91. The zero-order valence-corrected chi connectivity index (χ0v) is 35.4. The summed E-state index contributed by atoms with van der Waals surface area (Å²) < 4.78 is 0. The van der Waals surface area contributed by atoms with Gasteiger partial charge in [-0.1, -0.05) is 109 Å². The smallest absolute Gasteiger partial charge is 0.304 e. The molecule has 288 valence electrons. The Kier molecular flexibility index (Phi) is 11.5. The molecule has 0 saturated carbocycles. The second kappa shape index (κ2) is 17.9. The van der Waals surface area contributed by atoms with E-state index in [4.69, 9.17) is 15.0 Å². The van der Waals surface area contributed by atoms with Crippen LogP contribution in [0.5, 0.6) is 0 Å². The van der Waals surface area contributed by atoms with E-state index in [1.165, 1.54) is 0 Å². The summed E-state index contributed by atoms with van der Waals surface area (Å²) in [6, 6.07) is 79.2. The van der Waals surface area contributed by atoms with Crippen molar-refractivity contribution in [2.45, 2.75) is 0 Å². The van der Waals surface area contributed by atoms with Crippen molar-refractivity contribution >= 4 is 0 Å². The SMILES string of the molecule is [Ir+3].[c-]1ccccc1-c1ccc(-c2ccccc2-c2cc(-c3ccccc3-c3ccc(-c4[c-]cccc4)nc3)cc(-c3ccccc3-c3ccc(-c4[c-]cccc4)nc3)c2)cn1. The van der Waals surface area contributed by atoms with Crippen molar-refractivity contribution < 1.29 is 20.1 Å². The van der Waals surface area contributed by atoms with Crippen molar-refractivity contribution in [1.82, 2.24) is 15.0 Å². The Hall–Kier alpha value is -7.36. The number of pyridine rings is 3. The number of rotatable bonds is 9. The third kappa shape index (κ3) is 8.29. The van der Waals surface area contributed by atoms with E-state index >= 15 is 0 Å². The van der Waals surface area contributed by atoms with Crippen molar-refractivity contribution in [2.24, 2.45) is 0 Å². The van der Waals surface area contributed by atoms with Gasteiger partial charge in [-0.2, -0.15) is 0 Å². The molecule has 3 aromatic heterocycles. The predicted molar refractivity (Wildman–Crippen MR) is 245 cm³/mol. The van der Waals surface area contributed by atoms with Crippen molar-refractivity contribution in [3.05, 3.63) is 237 Å². The van der Waals surface area contributed by atoms with Crippen LogP contribution in [0.25, 0.3) is 101 Å². The van der Waals surface area contributed by atoms with Gasteiger partial charge < -0.3 is 15.0 Å². The molecule has 0 fully saturated rings. The van der Waals surface area contributed by atoms with Gasteiger partial charge in [-0.25, -0.2) is 0 Å². The summed E-state index contributed by atoms with van der Waals surface area (Å²) >= 11 is 0. The minimum Gasteiger partial charge on any atom is -0.304 e. The predicted octanol–water partition coefficient (Wildman–Crippen LogP) is 14.3. The number of benzene rings is 7. The molecule has 0 unspecified atom stereocenters.